The minimum absolute atomic E-state index is 0.0397. The third kappa shape index (κ3) is 3.19. The third-order valence-electron chi connectivity index (χ3n) is 6.87. The Morgan fingerprint density at radius 3 is 2.11 bits per heavy atom. The molecule has 5 nitrogen and oxygen atoms in total. The molecule has 4 atom stereocenters. The summed E-state index contributed by atoms with van der Waals surface area (Å²) >= 11 is 3.53. The molecule has 150 valence electrons. The van der Waals surface area contributed by atoms with E-state index in [-0.39, 0.29) is 42.5 Å². The molecule has 1 N–H and O–H groups in total. The molecule has 28 heavy (non-hydrogen) atoms. The van der Waals surface area contributed by atoms with E-state index in [2.05, 4.69) is 35.1 Å². The van der Waals surface area contributed by atoms with E-state index in [1.807, 2.05) is 12.1 Å². The molecule has 3 fully saturated rings. The van der Waals surface area contributed by atoms with Crippen molar-refractivity contribution >= 4 is 39.3 Å². The number of amides is 3. The van der Waals surface area contributed by atoms with Gasteiger partial charge in [-0.25, -0.2) is 0 Å². The molecule has 1 saturated heterocycles. The second-order valence-corrected chi connectivity index (χ2v) is 9.23. The van der Waals surface area contributed by atoms with Gasteiger partial charge in [0.05, 0.1) is 11.8 Å². The first-order chi connectivity index (χ1) is 13.4. The van der Waals surface area contributed by atoms with Gasteiger partial charge in [0.1, 0.15) is 0 Å². The number of nitrogens with one attached hydrogen (secondary N) is 1. The molecule has 3 amide bonds. The van der Waals surface area contributed by atoms with Crippen molar-refractivity contribution in [1.29, 1.82) is 0 Å². The Labute approximate surface area is 174 Å². The Morgan fingerprint density at radius 1 is 1.07 bits per heavy atom. The summed E-state index contributed by atoms with van der Waals surface area (Å²) in [6.07, 6.45) is 4.96. The quantitative estimate of drug-likeness (QED) is 0.672. The van der Waals surface area contributed by atoms with Crippen molar-refractivity contribution in [3.05, 3.63) is 27.7 Å². The number of anilines is 1. The van der Waals surface area contributed by atoms with Gasteiger partial charge in [0.25, 0.3) is 0 Å². The zero-order valence-electron chi connectivity index (χ0n) is 16.5. The van der Waals surface area contributed by atoms with Crippen molar-refractivity contribution in [3.8, 4) is 0 Å². The first-order valence-electron chi connectivity index (χ1n) is 10.4. The van der Waals surface area contributed by atoms with Crippen LogP contribution in [0, 0.1) is 23.7 Å². The highest BCUT2D eigenvalue weighted by atomic mass is 79.9. The maximum atomic E-state index is 12.8. The topological polar surface area (TPSA) is 66.5 Å². The maximum Gasteiger partial charge on any atom is 0.233 e. The molecular formula is C22H27BrN2O3. The van der Waals surface area contributed by atoms with Crippen LogP contribution >= 0.6 is 15.9 Å². The zero-order valence-corrected chi connectivity index (χ0v) is 18.0. The zero-order chi connectivity index (χ0) is 20.0. The molecule has 1 aliphatic heterocycles. The number of carbonyl (C=O) groups excluding carboxylic acids is 3. The van der Waals surface area contributed by atoms with Gasteiger partial charge in [-0.05, 0) is 67.2 Å². The molecule has 4 rings (SSSR count). The number of hydrogen-bond donors (Lipinski definition) is 1. The summed E-state index contributed by atoms with van der Waals surface area (Å²) in [6, 6.07) is 4.05. The van der Waals surface area contributed by atoms with Crippen LogP contribution in [0.1, 0.15) is 50.7 Å². The molecule has 4 unspecified atom stereocenters. The van der Waals surface area contributed by atoms with Crippen molar-refractivity contribution in [3.63, 3.8) is 0 Å². The van der Waals surface area contributed by atoms with Crippen LogP contribution in [-0.4, -0.2) is 29.2 Å². The van der Waals surface area contributed by atoms with Gasteiger partial charge in [-0.1, -0.05) is 29.8 Å². The van der Waals surface area contributed by atoms with Gasteiger partial charge in [0.15, 0.2) is 0 Å². The van der Waals surface area contributed by atoms with Gasteiger partial charge >= 0.3 is 0 Å². The van der Waals surface area contributed by atoms with Gasteiger partial charge in [-0.3, -0.25) is 19.3 Å². The van der Waals surface area contributed by atoms with Crippen LogP contribution in [0.5, 0.6) is 0 Å². The number of carbonyl (C=O) groups is 3. The molecule has 0 spiro atoms. The molecule has 0 aromatic heterocycles. The number of nitrogens with zero attached hydrogens (tertiary/aromatic N) is 1. The van der Waals surface area contributed by atoms with Crippen LogP contribution in [0.4, 0.5) is 5.69 Å². The lowest BCUT2D eigenvalue weighted by Gasteiger charge is -2.19. The average molecular weight is 447 g/mol. The fourth-order valence-electron chi connectivity index (χ4n) is 5.55. The Bertz CT molecular complexity index is 784. The summed E-state index contributed by atoms with van der Waals surface area (Å²) in [4.78, 5) is 39.5. The fourth-order valence-corrected chi connectivity index (χ4v) is 6.10. The van der Waals surface area contributed by atoms with Crippen LogP contribution in [0.15, 0.2) is 16.6 Å². The molecule has 0 radical (unpaired) electrons. The lowest BCUT2D eigenvalue weighted by atomic mass is 9.81. The Kier molecular flexibility index (Phi) is 5.34. The molecule has 2 bridgehead atoms. The SMILES string of the molecule is CCc1cc(Br)cc(CC)c1NC(=O)CCN1C(=O)C2C3CCC(C3)C2C1=O. The van der Waals surface area contributed by atoms with Gasteiger partial charge in [0, 0.05) is 23.1 Å². The summed E-state index contributed by atoms with van der Waals surface area (Å²) in [6.45, 7) is 4.31. The smallest absolute Gasteiger partial charge is 0.233 e. The lowest BCUT2D eigenvalue weighted by molar-refractivity contribution is -0.140. The summed E-state index contributed by atoms with van der Waals surface area (Å²) in [5.74, 6) is 0.314. The van der Waals surface area contributed by atoms with E-state index in [9.17, 15) is 14.4 Å². The Morgan fingerprint density at radius 2 is 1.61 bits per heavy atom. The van der Waals surface area contributed by atoms with Crippen molar-refractivity contribution in [2.45, 2.75) is 52.4 Å². The lowest BCUT2D eigenvalue weighted by Crippen LogP contribution is -2.35. The number of likely N-dealkylation sites (tertiary alicyclic amines) is 1. The molecule has 6 heteroatoms. The number of halogens is 1. The first-order valence-corrected chi connectivity index (χ1v) is 11.2. The van der Waals surface area contributed by atoms with Crippen LogP contribution in [-0.2, 0) is 27.2 Å². The highest BCUT2D eigenvalue weighted by molar-refractivity contribution is 9.10. The molecule has 1 aromatic carbocycles. The van der Waals surface area contributed by atoms with E-state index in [1.165, 1.54) is 4.90 Å². The highest BCUT2D eigenvalue weighted by Gasteiger charge is 2.60. The maximum absolute atomic E-state index is 12.8. The second kappa shape index (κ2) is 7.62. The van der Waals surface area contributed by atoms with E-state index in [0.29, 0.717) is 11.8 Å². The minimum Gasteiger partial charge on any atom is -0.326 e. The monoisotopic (exact) mass is 446 g/mol. The highest BCUT2D eigenvalue weighted by Crippen LogP contribution is 2.56. The number of fused-ring (bicyclic) bond motifs is 5. The van der Waals surface area contributed by atoms with Crippen LogP contribution in [0.25, 0.3) is 0 Å². The van der Waals surface area contributed by atoms with Crippen LogP contribution < -0.4 is 5.32 Å². The number of benzene rings is 1. The number of aryl methyl sites for hydroxylation is 2. The van der Waals surface area contributed by atoms with Crippen molar-refractivity contribution in [1.82, 2.24) is 4.90 Å². The van der Waals surface area contributed by atoms with Gasteiger partial charge in [-0.2, -0.15) is 0 Å². The average Bonchev–Trinajstić information content (AvgIpc) is 3.35. The largest absolute Gasteiger partial charge is 0.326 e. The fraction of sp³-hybridized carbons (Fsp3) is 0.591. The molecular weight excluding hydrogens is 420 g/mol. The number of rotatable bonds is 6. The molecule has 2 saturated carbocycles. The molecule has 1 heterocycles. The van der Waals surface area contributed by atoms with E-state index in [4.69, 9.17) is 0 Å². The van der Waals surface area contributed by atoms with Gasteiger partial charge in [-0.15, -0.1) is 0 Å². The van der Waals surface area contributed by atoms with E-state index in [1.54, 1.807) is 0 Å². The summed E-state index contributed by atoms with van der Waals surface area (Å²) in [5.41, 5.74) is 3.03. The minimum atomic E-state index is -0.146. The first kappa shape index (κ1) is 19.6. The summed E-state index contributed by atoms with van der Waals surface area (Å²) in [5, 5.41) is 3.03. The molecule has 1 aromatic rings. The summed E-state index contributed by atoms with van der Waals surface area (Å²) < 4.78 is 1.01. The van der Waals surface area contributed by atoms with E-state index < -0.39 is 0 Å². The van der Waals surface area contributed by atoms with Crippen LogP contribution in [0.3, 0.4) is 0 Å². The number of imide groups is 1. The Hall–Kier alpha value is -1.69. The van der Waals surface area contributed by atoms with Gasteiger partial charge in [0.2, 0.25) is 17.7 Å². The third-order valence-corrected chi connectivity index (χ3v) is 7.33. The molecule has 3 aliphatic rings. The normalized spacial score (nSPS) is 28.2. The van der Waals surface area contributed by atoms with Crippen molar-refractivity contribution in [2.24, 2.45) is 23.7 Å². The predicted octanol–water partition coefficient (Wildman–Crippen LogP) is 3.93. The van der Waals surface area contributed by atoms with Crippen molar-refractivity contribution in [2.75, 3.05) is 11.9 Å². The van der Waals surface area contributed by atoms with Gasteiger partial charge < -0.3 is 5.32 Å². The van der Waals surface area contributed by atoms with Crippen molar-refractivity contribution < 1.29 is 14.4 Å². The van der Waals surface area contributed by atoms with E-state index >= 15 is 0 Å². The predicted molar refractivity (Wildman–Crippen MR) is 111 cm³/mol. The van der Waals surface area contributed by atoms with Crippen LogP contribution in [0.2, 0.25) is 0 Å². The Balaban J connectivity index is 1.42. The summed E-state index contributed by atoms with van der Waals surface area (Å²) in [7, 11) is 0. The number of hydrogen-bond acceptors (Lipinski definition) is 3. The molecule has 2 aliphatic carbocycles. The van der Waals surface area contributed by atoms with E-state index in [0.717, 1.165) is 53.4 Å². The second-order valence-electron chi connectivity index (χ2n) is 8.32. The standard InChI is InChI=1S/C22H27BrN2O3/c1-3-12-10-16(23)11-13(4-2)20(12)24-17(26)7-8-25-21(27)18-14-5-6-15(9-14)19(18)22(25)28/h10-11,14-15,18-19H,3-9H2,1-2H3,(H,24,26).